The Labute approximate surface area is 327 Å². The highest BCUT2D eigenvalue weighted by Crippen LogP contribution is 2.42. The second-order valence-corrected chi connectivity index (χ2v) is 14.2. The Bertz CT molecular complexity index is 3560. The quantitative estimate of drug-likeness (QED) is 0.167. The van der Waals surface area contributed by atoms with Crippen LogP contribution in [0.3, 0.4) is 0 Å². The van der Waals surface area contributed by atoms with Gasteiger partial charge in [-0.3, -0.25) is 0 Å². The van der Waals surface area contributed by atoms with Gasteiger partial charge in [0.05, 0.1) is 58.0 Å². The van der Waals surface area contributed by atoms with E-state index >= 15 is 0 Å². The number of hydrogen-bond donors (Lipinski definition) is 0. The molecule has 8 aromatic carbocycles. The fraction of sp³-hybridized carbons (Fsp3) is 0. The molecule has 0 fully saturated rings. The van der Waals surface area contributed by atoms with Crippen LogP contribution >= 0.6 is 0 Å². The van der Waals surface area contributed by atoms with E-state index in [9.17, 15) is 5.26 Å². The van der Waals surface area contributed by atoms with Crippen molar-refractivity contribution in [2.24, 2.45) is 0 Å². The summed E-state index contributed by atoms with van der Waals surface area (Å²) in [7, 11) is 0. The van der Waals surface area contributed by atoms with Crippen LogP contribution in [0.15, 0.2) is 170 Å². The van der Waals surface area contributed by atoms with Gasteiger partial charge in [-0.1, -0.05) is 103 Å². The third-order valence-corrected chi connectivity index (χ3v) is 11.3. The minimum atomic E-state index is 0.420. The molecule has 0 amide bonds. The second-order valence-electron chi connectivity index (χ2n) is 14.2. The maximum Gasteiger partial charge on any atom is 0.211 e. The van der Waals surface area contributed by atoms with Crippen LogP contribution in [0.25, 0.3) is 103 Å². The average Bonchev–Trinajstić information content (AvgIpc) is 3.91. The molecule has 0 aliphatic heterocycles. The van der Waals surface area contributed by atoms with E-state index in [2.05, 4.69) is 128 Å². The molecule has 6 nitrogen and oxygen atoms in total. The zero-order chi connectivity index (χ0) is 38.2. The SMILES string of the molecule is [C-]#[N+]c1cc(-c2ccc(-n3c4ccccc4c4ccc(-n5c6ccccc6c6ccccc65)cc43)cc2)c(C#N)cc1-n1c2ccccc2c2c([N+]#[C-])cccc21. The Morgan fingerprint density at radius 1 is 0.421 bits per heavy atom. The standard InChI is InChI=1S/C51H28N6/c1-53-42-16-11-21-48-51(42)40-15-6-10-20-47(40)57(48)50-28-33(31-52)41(30-43(50)54-2)32-22-24-34(25-23-32)55-44-17-7-5-14-38(44)39-27-26-35(29-49(39)55)56-45-18-8-3-12-36(45)37-13-4-9-19-46(37)56/h3-30H. The van der Waals surface area contributed by atoms with E-state index in [-0.39, 0.29) is 0 Å². The lowest BCUT2D eigenvalue weighted by Crippen LogP contribution is -1.98. The molecule has 0 saturated heterocycles. The normalized spacial score (nSPS) is 11.5. The van der Waals surface area contributed by atoms with Gasteiger partial charge in [-0.25, -0.2) is 9.69 Å². The minimum absolute atomic E-state index is 0.420. The summed E-state index contributed by atoms with van der Waals surface area (Å²) in [5.74, 6) is 0. The van der Waals surface area contributed by atoms with Crippen LogP contribution in [0, 0.1) is 24.5 Å². The van der Waals surface area contributed by atoms with Gasteiger partial charge in [0.15, 0.2) is 5.69 Å². The van der Waals surface area contributed by atoms with Crippen LogP contribution in [-0.4, -0.2) is 13.7 Å². The molecule has 0 saturated carbocycles. The molecule has 0 N–H and O–H groups in total. The highest BCUT2D eigenvalue weighted by molar-refractivity contribution is 6.16. The topological polar surface area (TPSA) is 47.3 Å². The number of para-hydroxylation sites is 4. The first kappa shape index (κ1) is 32.1. The number of hydrogen-bond acceptors (Lipinski definition) is 1. The summed E-state index contributed by atoms with van der Waals surface area (Å²) < 4.78 is 6.67. The molecule has 0 radical (unpaired) electrons. The van der Waals surface area contributed by atoms with Crippen molar-refractivity contribution in [1.82, 2.24) is 13.7 Å². The van der Waals surface area contributed by atoms with Gasteiger partial charge in [-0.05, 0) is 83.2 Å². The zero-order valence-electron chi connectivity index (χ0n) is 30.3. The minimum Gasteiger partial charge on any atom is -0.320 e. The van der Waals surface area contributed by atoms with Gasteiger partial charge in [0.2, 0.25) is 5.69 Å². The molecule has 3 aromatic heterocycles. The first-order valence-electron chi connectivity index (χ1n) is 18.6. The van der Waals surface area contributed by atoms with Crippen LogP contribution < -0.4 is 0 Å². The van der Waals surface area contributed by atoms with Gasteiger partial charge in [0.1, 0.15) is 0 Å². The summed E-state index contributed by atoms with van der Waals surface area (Å²) in [6.45, 7) is 16.1. The highest BCUT2D eigenvalue weighted by Gasteiger charge is 2.21. The Morgan fingerprint density at radius 2 is 0.930 bits per heavy atom. The van der Waals surface area contributed by atoms with Crippen molar-refractivity contribution in [3.63, 3.8) is 0 Å². The predicted octanol–water partition coefficient (Wildman–Crippen LogP) is 13.6. The van der Waals surface area contributed by atoms with E-state index < -0.39 is 0 Å². The second kappa shape index (κ2) is 12.3. The third kappa shape index (κ3) is 4.61. The number of rotatable bonds is 4. The van der Waals surface area contributed by atoms with Gasteiger partial charge in [-0.15, -0.1) is 0 Å². The lowest BCUT2D eigenvalue weighted by molar-refractivity contribution is 1.15. The van der Waals surface area contributed by atoms with Gasteiger partial charge in [0, 0.05) is 43.8 Å². The van der Waals surface area contributed by atoms with Crippen LogP contribution in [0.1, 0.15) is 5.56 Å². The van der Waals surface area contributed by atoms with Crippen molar-refractivity contribution >= 4 is 76.8 Å². The van der Waals surface area contributed by atoms with Gasteiger partial charge in [0.25, 0.3) is 0 Å². The number of nitriles is 1. The van der Waals surface area contributed by atoms with Gasteiger partial charge < -0.3 is 13.7 Å². The predicted molar refractivity (Wildman–Crippen MR) is 232 cm³/mol. The Hall–Kier alpha value is -8.37. The first-order chi connectivity index (χ1) is 28.2. The number of benzene rings is 8. The van der Waals surface area contributed by atoms with E-state index in [0.717, 1.165) is 66.2 Å². The van der Waals surface area contributed by atoms with Crippen molar-refractivity contribution in [2.45, 2.75) is 0 Å². The molecule has 3 heterocycles. The first-order valence-corrected chi connectivity index (χ1v) is 18.6. The molecular weight excluding hydrogens is 697 g/mol. The Kier molecular flexibility index (Phi) is 6.95. The molecule has 0 bridgehead atoms. The molecule has 262 valence electrons. The van der Waals surface area contributed by atoms with E-state index in [1.54, 1.807) is 0 Å². The smallest absolute Gasteiger partial charge is 0.211 e. The van der Waals surface area contributed by atoms with Crippen LogP contribution in [0.2, 0.25) is 0 Å². The van der Waals surface area contributed by atoms with E-state index in [0.29, 0.717) is 28.2 Å². The molecule has 0 spiro atoms. The molecule has 0 aliphatic rings. The Balaban J connectivity index is 1.07. The van der Waals surface area contributed by atoms with Crippen LogP contribution in [-0.2, 0) is 0 Å². The summed E-state index contributed by atoms with van der Waals surface area (Å²) in [6.07, 6.45) is 0. The Morgan fingerprint density at radius 3 is 1.53 bits per heavy atom. The molecule has 6 heteroatoms. The largest absolute Gasteiger partial charge is 0.320 e. The number of fused-ring (bicyclic) bond motifs is 9. The summed E-state index contributed by atoms with van der Waals surface area (Å²) in [5, 5.41) is 17.1. The maximum atomic E-state index is 10.6. The van der Waals surface area contributed by atoms with Crippen molar-refractivity contribution < 1.29 is 0 Å². The zero-order valence-corrected chi connectivity index (χ0v) is 30.3. The molecule has 0 atom stereocenters. The summed E-state index contributed by atoms with van der Waals surface area (Å²) in [5.41, 5.74) is 11.9. The number of nitrogens with zero attached hydrogens (tertiary/aromatic N) is 6. The fourth-order valence-corrected chi connectivity index (χ4v) is 8.90. The van der Waals surface area contributed by atoms with E-state index in [4.69, 9.17) is 13.1 Å². The summed E-state index contributed by atoms with van der Waals surface area (Å²) in [6, 6.07) is 60.3. The monoisotopic (exact) mass is 724 g/mol. The van der Waals surface area contributed by atoms with Crippen molar-refractivity contribution in [2.75, 3.05) is 0 Å². The van der Waals surface area contributed by atoms with Gasteiger partial charge in [-0.2, -0.15) is 5.26 Å². The fourth-order valence-electron chi connectivity index (χ4n) is 8.90. The maximum absolute atomic E-state index is 10.6. The lowest BCUT2D eigenvalue weighted by Gasteiger charge is -2.15. The molecular formula is C51H28N6. The molecule has 0 aliphatic carbocycles. The molecule has 11 aromatic rings. The third-order valence-electron chi connectivity index (χ3n) is 11.3. The van der Waals surface area contributed by atoms with Crippen molar-refractivity contribution in [3.05, 3.63) is 198 Å². The van der Waals surface area contributed by atoms with Crippen LogP contribution in [0.4, 0.5) is 11.4 Å². The average molecular weight is 725 g/mol. The van der Waals surface area contributed by atoms with Crippen LogP contribution in [0.5, 0.6) is 0 Å². The summed E-state index contributed by atoms with van der Waals surface area (Å²) in [4.78, 5) is 7.79. The van der Waals surface area contributed by atoms with Crippen molar-refractivity contribution in [1.29, 1.82) is 5.26 Å². The highest BCUT2D eigenvalue weighted by atomic mass is 15.0. The lowest BCUT2D eigenvalue weighted by atomic mass is 9.98. The molecule has 57 heavy (non-hydrogen) atoms. The summed E-state index contributed by atoms with van der Waals surface area (Å²) >= 11 is 0. The molecule has 11 rings (SSSR count). The molecule has 0 unspecified atom stereocenters. The van der Waals surface area contributed by atoms with Crippen molar-refractivity contribution in [3.8, 4) is 34.3 Å². The van der Waals surface area contributed by atoms with Gasteiger partial charge >= 0.3 is 0 Å². The van der Waals surface area contributed by atoms with E-state index in [1.165, 1.54) is 16.2 Å². The van der Waals surface area contributed by atoms with E-state index in [1.807, 2.05) is 71.3 Å². The number of aromatic nitrogens is 3.